The maximum absolute atomic E-state index is 3.95. The molecular formula is C20H28N2. The summed E-state index contributed by atoms with van der Waals surface area (Å²) in [4.78, 5) is 3.79. The summed E-state index contributed by atoms with van der Waals surface area (Å²) >= 11 is 0. The highest BCUT2D eigenvalue weighted by atomic mass is 15.0. The number of hydrogen-bond acceptors (Lipinski definition) is 1. The Kier molecular flexibility index (Phi) is 3.53. The molecule has 1 atom stereocenters. The van der Waals surface area contributed by atoms with Gasteiger partial charge in [-0.15, -0.1) is 0 Å². The molecule has 0 aliphatic heterocycles. The van der Waals surface area contributed by atoms with Crippen molar-refractivity contribution >= 4 is 10.9 Å². The molecular weight excluding hydrogens is 268 g/mol. The summed E-state index contributed by atoms with van der Waals surface area (Å²) < 4.78 is 0. The van der Waals surface area contributed by atoms with E-state index in [1.807, 2.05) is 0 Å². The summed E-state index contributed by atoms with van der Waals surface area (Å²) in [6.07, 6.45) is 9.38. The molecule has 1 unspecified atom stereocenters. The van der Waals surface area contributed by atoms with Gasteiger partial charge in [-0.3, -0.25) is 0 Å². The molecule has 0 bridgehead atoms. The molecule has 22 heavy (non-hydrogen) atoms. The predicted molar refractivity (Wildman–Crippen MR) is 93.6 cm³/mol. The summed E-state index contributed by atoms with van der Waals surface area (Å²) in [6, 6.07) is 3.63. The Morgan fingerprint density at radius 1 is 1.00 bits per heavy atom. The Hall–Kier alpha value is -1.28. The van der Waals surface area contributed by atoms with Crippen LogP contribution < -0.4 is 5.32 Å². The Morgan fingerprint density at radius 2 is 1.77 bits per heavy atom. The molecule has 0 spiro atoms. The van der Waals surface area contributed by atoms with Crippen molar-refractivity contribution in [1.29, 1.82) is 0 Å². The van der Waals surface area contributed by atoms with E-state index in [0.717, 1.165) is 6.04 Å². The van der Waals surface area contributed by atoms with E-state index < -0.39 is 0 Å². The van der Waals surface area contributed by atoms with Crippen LogP contribution in [0.2, 0.25) is 0 Å². The quantitative estimate of drug-likeness (QED) is 0.801. The number of rotatable bonds is 2. The van der Waals surface area contributed by atoms with Crippen molar-refractivity contribution in [2.75, 3.05) is 0 Å². The molecule has 1 aromatic carbocycles. The number of H-pyrrole nitrogens is 1. The van der Waals surface area contributed by atoms with Gasteiger partial charge in [0.2, 0.25) is 0 Å². The van der Waals surface area contributed by atoms with Crippen LogP contribution in [0.1, 0.15) is 72.5 Å². The Labute approximate surface area is 133 Å². The topological polar surface area (TPSA) is 27.8 Å². The highest BCUT2D eigenvalue weighted by Gasteiger charge is 2.28. The van der Waals surface area contributed by atoms with Gasteiger partial charge in [0.05, 0.1) is 0 Å². The zero-order valence-electron chi connectivity index (χ0n) is 14.2. The van der Waals surface area contributed by atoms with Crippen LogP contribution >= 0.6 is 0 Å². The van der Waals surface area contributed by atoms with Gasteiger partial charge in [0.1, 0.15) is 0 Å². The lowest BCUT2D eigenvalue weighted by atomic mass is 9.88. The largest absolute Gasteiger partial charge is 0.357 e. The Morgan fingerprint density at radius 3 is 2.55 bits per heavy atom. The maximum Gasteiger partial charge on any atom is 0.0478 e. The van der Waals surface area contributed by atoms with Crippen LogP contribution in [0.5, 0.6) is 0 Å². The van der Waals surface area contributed by atoms with E-state index in [1.54, 1.807) is 5.56 Å². The van der Waals surface area contributed by atoms with E-state index in [-0.39, 0.29) is 0 Å². The summed E-state index contributed by atoms with van der Waals surface area (Å²) in [5.74, 6) is 0. The summed E-state index contributed by atoms with van der Waals surface area (Å²) in [5.41, 5.74) is 8.78. The van der Waals surface area contributed by atoms with Gasteiger partial charge in [-0.05, 0) is 81.2 Å². The Bertz CT molecular complexity index is 704. The third kappa shape index (κ3) is 2.20. The zero-order chi connectivity index (χ0) is 15.3. The summed E-state index contributed by atoms with van der Waals surface area (Å²) in [5, 5.41) is 5.46. The third-order valence-corrected chi connectivity index (χ3v) is 6.12. The van der Waals surface area contributed by atoms with Crippen molar-refractivity contribution in [2.45, 2.75) is 77.8 Å². The van der Waals surface area contributed by atoms with E-state index >= 15 is 0 Å². The minimum absolute atomic E-state index is 0.541. The highest BCUT2D eigenvalue weighted by Crippen LogP contribution is 2.38. The second kappa shape index (κ2) is 5.42. The second-order valence-electron chi connectivity index (χ2n) is 7.48. The first-order valence-corrected chi connectivity index (χ1v) is 9.02. The number of benzene rings is 1. The predicted octanol–water partition coefficient (Wildman–Crippen LogP) is 5.00. The maximum atomic E-state index is 3.95. The number of nitrogens with one attached hydrogen (secondary N) is 2. The molecule has 4 rings (SSSR count). The molecule has 2 aliphatic rings. The van der Waals surface area contributed by atoms with Crippen molar-refractivity contribution in [1.82, 2.24) is 10.3 Å². The standard InChI is InChI=1S/C20H28N2/c1-12-11-18-19(14(3)13(12)2)16-9-6-10-17(20(16)22-18)21-15-7-4-5-8-15/h11,15,17,21-22H,4-10H2,1-3H3. The summed E-state index contributed by atoms with van der Waals surface area (Å²) in [7, 11) is 0. The van der Waals surface area contributed by atoms with E-state index in [2.05, 4.69) is 37.1 Å². The average Bonchev–Trinajstić information content (AvgIpc) is 3.12. The SMILES string of the molecule is Cc1cc2[nH]c3c(c2c(C)c1C)CCCC3NC1CCCC1. The first-order chi connectivity index (χ1) is 10.6. The van der Waals surface area contributed by atoms with Gasteiger partial charge in [-0.1, -0.05) is 12.8 Å². The van der Waals surface area contributed by atoms with E-state index in [4.69, 9.17) is 0 Å². The molecule has 2 N–H and O–H groups in total. The molecule has 2 aromatic rings. The van der Waals surface area contributed by atoms with Crippen molar-refractivity contribution in [3.63, 3.8) is 0 Å². The molecule has 2 heteroatoms. The second-order valence-corrected chi connectivity index (χ2v) is 7.48. The molecule has 0 radical (unpaired) electrons. The van der Waals surface area contributed by atoms with Crippen LogP contribution in [0.3, 0.4) is 0 Å². The molecule has 2 nitrogen and oxygen atoms in total. The molecule has 1 heterocycles. The molecule has 2 aliphatic carbocycles. The first kappa shape index (κ1) is 14.3. The van der Waals surface area contributed by atoms with E-state index in [0.29, 0.717) is 6.04 Å². The molecule has 1 aromatic heterocycles. The van der Waals surface area contributed by atoms with E-state index in [9.17, 15) is 0 Å². The monoisotopic (exact) mass is 296 g/mol. The van der Waals surface area contributed by atoms with Crippen LogP contribution in [0.25, 0.3) is 10.9 Å². The molecule has 0 saturated heterocycles. The minimum Gasteiger partial charge on any atom is -0.357 e. The van der Waals surface area contributed by atoms with Gasteiger partial charge in [0, 0.05) is 28.7 Å². The van der Waals surface area contributed by atoms with Crippen molar-refractivity contribution in [3.05, 3.63) is 34.0 Å². The molecule has 1 fully saturated rings. The fraction of sp³-hybridized carbons (Fsp3) is 0.600. The van der Waals surface area contributed by atoms with Crippen LogP contribution in [0.4, 0.5) is 0 Å². The van der Waals surface area contributed by atoms with Gasteiger partial charge in [-0.2, -0.15) is 0 Å². The number of hydrogen-bond donors (Lipinski definition) is 2. The van der Waals surface area contributed by atoms with Crippen LogP contribution in [-0.4, -0.2) is 11.0 Å². The molecule has 1 saturated carbocycles. The molecule has 0 amide bonds. The summed E-state index contributed by atoms with van der Waals surface area (Å²) in [6.45, 7) is 6.79. The van der Waals surface area contributed by atoms with Crippen molar-refractivity contribution in [3.8, 4) is 0 Å². The molecule has 118 valence electrons. The van der Waals surface area contributed by atoms with Gasteiger partial charge in [0.15, 0.2) is 0 Å². The third-order valence-electron chi connectivity index (χ3n) is 6.12. The lowest BCUT2D eigenvalue weighted by Gasteiger charge is -2.27. The smallest absolute Gasteiger partial charge is 0.0478 e. The van der Waals surface area contributed by atoms with Crippen LogP contribution in [-0.2, 0) is 6.42 Å². The van der Waals surface area contributed by atoms with E-state index in [1.165, 1.54) is 78.2 Å². The van der Waals surface area contributed by atoms with Gasteiger partial charge >= 0.3 is 0 Å². The lowest BCUT2D eigenvalue weighted by molar-refractivity contribution is 0.392. The van der Waals surface area contributed by atoms with Crippen molar-refractivity contribution < 1.29 is 0 Å². The number of aromatic amines is 1. The van der Waals surface area contributed by atoms with Crippen molar-refractivity contribution in [2.24, 2.45) is 0 Å². The van der Waals surface area contributed by atoms with Gasteiger partial charge in [-0.25, -0.2) is 0 Å². The zero-order valence-corrected chi connectivity index (χ0v) is 14.2. The van der Waals surface area contributed by atoms with Crippen LogP contribution in [0, 0.1) is 20.8 Å². The normalized spacial score (nSPS) is 22.4. The fourth-order valence-electron chi connectivity index (χ4n) is 4.65. The number of fused-ring (bicyclic) bond motifs is 3. The minimum atomic E-state index is 0.541. The fourth-order valence-corrected chi connectivity index (χ4v) is 4.65. The van der Waals surface area contributed by atoms with Crippen LogP contribution in [0.15, 0.2) is 6.07 Å². The first-order valence-electron chi connectivity index (χ1n) is 9.02. The lowest BCUT2D eigenvalue weighted by Crippen LogP contribution is -2.32. The highest BCUT2D eigenvalue weighted by molar-refractivity contribution is 5.90. The van der Waals surface area contributed by atoms with Gasteiger partial charge in [0.25, 0.3) is 0 Å². The number of aryl methyl sites for hydroxylation is 3. The Balaban J connectivity index is 1.78. The number of aromatic nitrogens is 1. The van der Waals surface area contributed by atoms with Gasteiger partial charge < -0.3 is 10.3 Å². The average molecular weight is 296 g/mol.